The Balaban J connectivity index is 2.04. The average Bonchev–Trinajstić information content (AvgIpc) is 2.69. The zero-order chi connectivity index (χ0) is 14.2. The summed E-state index contributed by atoms with van der Waals surface area (Å²) in [6.45, 7) is 2.20. The van der Waals surface area contributed by atoms with Crippen LogP contribution >= 0.6 is 0 Å². The Labute approximate surface area is 124 Å². The van der Waals surface area contributed by atoms with E-state index in [1.807, 2.05) is 12.4 Å². The number of hydrogen-bond acceptors (Lipinski definition) is 2. The van der Waals surface area contributed by atoms with E-state index in [4.69, 9.17) is 0 Å². The predicted molar refractivity (Wildman–Crippen MR) is 85.7 cm³/mol. The molecule has 4 rings (SSSR count). The Morgan fingerprint density at radius 3 is 2.71 bits per heavy atom. The highest BCUT2D eigenvalue weighted by molar-refractivity contribution is 5.87. The summed E-state index contributed by atoms with van der Waals surface area (Å²) in [7, 11) is 2.22. The first-order valence-electron chi connectivity index (χ1n) is 7.55. The van der Waals surface area contributed by atoms with Gasteiger partial charge in [-0.2, -0.15) is 0 Å². The van der Waals surface area contributed by atoms with E-state index in [-0.39, 0.29) is 0 Å². The highest BCUT2D eigenvalue weighted by atomic mass is 15.1. The topological polar surface area (TPSA) is 21.1 Å². The van der Waals surface area contributed by atoms with Gasteiger partial charge in [-0.1, -0.05) is 18.2 Å². The monoisotopic (exact) mass is 277 g/mol. The van der Waals surface area contributed by atoms with Crippen LogP contribution in [-0.2, 0) is 13.0 Å². The van der Waals surface area contributed by atoms with Gasteiger partial charge in [0.2, 0.25) is 0 Å². The van der Waals surface area contributed by atoms with E-state index in [0.717, 1.165) is 13.0 Å². The molecule has 0 N–H and O–H groups in total. The lowest BCUT2D eigenvalue weighted by Gasteiger charge is -2.12. The van der Waals surface area contributed by atoms with Crippen LogP contribution in [0.25, 0.3) is 16.6 Å². The fourth-order valence-corrected chi connectivity index (χ4v) is 3.45. The summed E-state index contributed by atoms with van der Waals surface area (Å²) in [5.74, 6) is 0. The van der Waals surface area contributed by atoms with E-state index in [1.54, 1.807) is 0 Å². The van der Waals surface area contributed by atoms with Gasteiger partial charge in [-0.05, 0) is 50.2 Å². The van der Waals surface area contributed by atoms with E-state index in [1.165, 1.54) is 40.8 Å². The Bertz CT molecular complexity index is 774. The van der Waals surface area contributed by atoms with Crippen molar-refractivity contribution in [1.82, 2.24) is 14.5 Å². The second-order valence-electron chi connectivity index (χ2n) is 5.82. The maximum Gasteiger partial charge on any atom is 0.0534 e. The van der Waals surface area contributed by atoms with Crippen LogP contribution in [0.1, 0.15) is 17.7 Å². The summed E-state index contributed by atoms with van der Waals surface area (Å²) >= 11 is 0. The van der Waals surface area contributed by atoms with E-state index in [0.29, 0.717) is 0 Å². The Hall–Kier alpha value is -2.13. The van der Waals surface area contributed by atoms with Gasteiger partial charge in [0.1, 0.15) is 0 Å². The molecule has 0 radical (unpaired) electrons. The molecule has 3 heteroatoms. The molecule has 1 aliphatic heterocycles. The molecule has 1 aliphatic rings. The number of nitrogens with zero attached hydrogens (tertiary/aromatic N) is 3. The molecular weight excluding hydrogens is 258 g/mol. The molecule has 106 valence electrons. The molecule has 21 heavy (non-hydrogen) atoms. The van der Waals surface area contributed by atoms with E-state index in [9.17, 15) is 0 Å². The molecule has 0 atom stereocenters. The van der Waals surface area contributed by atoms with Crippen molar-refractivity contribution in [3.63, 3.8) is 0 Å². The maximum absolute atomic E-state index is 4.16. The van der Waals surface area contributed by atoms with Crippen LogP contribution in [0.5, 0.6) is 0 Å². The molecule has 3 aromatic rings. The summed E-state index contributed by atoms with van der Waals surface area (Å²) in [6.07, 6.45) is 6.10. The maximum atomic E-state index is 4.16. The van der Waals surface area contributed by atoms with Gasteiger partial charge >= 0.3 is 0 Å². The van der Waals surface area contributed by atoms with Crippen molar-refractivity contribution >= 4 is 10.9 Å². The normalized spacial score (nSPS) is 15.9. The molecule has 3 heterocycles. The van der Waals surface area contributed by atoms with Crippen molar-refractivity contribution in [1.29, 1.82) is 0 Å². The lowest BCUT2D eigenvalue weighted by Crippen LogP contribution is -2.16. The molecule has 0 aliphatic carbocycles. The van der Waals surface area contributed by atoms with Crippen LogP contribution in [0.2, 0.25) is 0 Å². The van der Waals surface area contributed by atoms with Crippen molar-refractivity contribution < 1.29 is 0 Å². The van der Waals surface area contributed by atoms with Crippen LogP contribution in [0, 0.1) is 0 Å². The van der Waals surface area contributed by atoms with Crippen molar-refractivity contribution in [3.8, 4) is 5.69 Å². The summed E-state index contributed by atoms with van der Waals surface area (Å²) in [4.78, 5) is 6.58. The summed E-state index contributed by atoms with van der Waals surface area (Å²) in [5, 5.41) is 1.39. The molecule has 0 fully saturated rings. The second kappa shape index (κ2) is 5.01. The largest absolute Gasteiger partial charge is 0.313 e. The quantitative estimate of drug-likeness (QED) is 0.679. The Morgan fingerprint density at radius 2 is 1.86 bits per heavy atom. The minimum atomic E-state index is 1.04. The minimum Gasteiger partial charge on any atom is -0.313 e. The van der Waals surface area contributed by atoms with E-state index < -0.39 is 0 Å². The first-order valence-corrected chi connectivity index (χ1v) is 7.55. The molecule has 0 saturated carbocycles. The lowest BCUT2D eigenvalue weighted by molar-refractivity contribution is 0.333. The number of para-hydroxylation sites is 1. The predicted octanol–water partition coefficient (Wildman–Crippen LogP) is 3.40. The number of aromatic nitrogens is 2. The summed E-state index contributed by atoms with van der Waals surface area (Å²) < 4.78 is 2.42. The number of fused-ring (bicyclic) bond motifs is 3. The molecule has 0 amide bonds. The SMILES string of the molecule is CN1CCCc2c(c3ccccc3n2-c2ccncc2)C1. The summed E-state index contributed by atoms with van der Waals surface area (Å²) in [6, 6.07) is 12.9. The van der Waals surface area contributed by atoms with E-state index in [2.05, 4.69) is 57.9 Å². The second-order valence-corrected chi connectivity index (χ2v) is 5.82. The molecule has 0 bridgehead atoms. The molecule has 0 spiro atoms. The zero-order valence-corrected chi connectivity index (χ0v) is 12.3. The lowest BCUT2D eigenvalue weighted by atomic mass is 10.1. The molecule has 3 nitrogen and oxygen atoms in total. The van der Waals surface area contributed by atoms with Crippen molar-refractivity contribution in [2.75, 3.05) is 13.6 Å². The summed E-state index contributed by atoms with van der Waals surface area (Å²) in [5.41, 5.74) is 5.48. The molecule has 2 aromatic heterocycles. The van der Waals surface area contributed by atoms with Gasteiger partial charge in [0.05, 0.1) is 5.52 Å². The highest BCUT2D eigenvalue weighted by Gasteiger charge is 2.21. The molecule has 0 unspecified atom stereocenters. The van der Waals surface area contributed by atoms with Crippen LogP contribution < -0.4 is 0 Å². The van der Waals surface area contributed by atoms with Gasteiger partial charge in [-0.15, -0.1) is 0 Å². The third-order valence-electron chi connectivity index (χ3n) is 4.39. The van der Waals surface area contributed by atoms with Crippen molar-refractivity contribution in [3.05, 3.63) is 60.0 Å². The van der Waals surface area contributed by atoms with Gasteiger partial charge in [0.15, 0.2) is 0 Å². The Kier molecular flexibility index (Phi) is 3.00. The number of hydrogen-bond donors (Lipinski definition) is 0. The minimum absolute atomic E-state index is 1.04. The van der Waals surface area contributed by atoms with Gasteiger partial charge < -0.3 is 9.47 Å². The van der Waals surface area contributed by atoms with Gasteiger partial charge in [0, 0.05) is 35.7 Å². The zero-order valence-electron chi connectivity index (χ0n) is 12.3. The molecule has 0 saturated heterocycles. The van der Waals surface area contributed by atoms with Gasteiger partial charge in [-0.3, -0.25) is 4.98 Å². The smallest absolute Gasteiger partial charge is 0.0534 e. The first-order chi connectivity index (χ1) is 10.3. The van der Waals surface area contributed by atoms with Crippen LogP contribution in [-0.4, -0.2) is 28.0 Å². The van der Waals surface area contributed by atoms with E-state index >= 15 is 0 Å². The third-order valence-corrected chi connectivity index (χ3v) is 4.39. The van der Waals surface area contributed by atoms with Gasteiger partial charge in [0.25, 0.3) is 0 Å². The van der Waals surface area contributed by atoms with Crippen LogP contribution in [0.3, 0.4) is 0 Å². The van der Waals surface area contributed by atoms with Crippen LogP contribution in [0.4, 0.5) is 0 Å². The Morgan fingerprint density at radius 1 is 1.05 bits per heavy atom. The fourth-order valence-electron chi connectivity index (χ4n) is 3.45. The standard InChI is InChI=1S/C18H19N3/c1-20-12-4-7-18-16(13-20)15-5-2-3-6-17(15)21(18)14-8-10-19-11-9-14/h2-3,5-6,8-11H,4,7,12-13H2,1H3. The molecule has 1 aromatic carbocycles. The average molecular weight is 277 g/mol. The third kappa shape index (κ3) is 2.05. The number of rotatable bonds is 1. The van der Waals surface area contributed by atoms with Crippen LogP contribution in [0.15, 0.2) is 48.8 Å². The molecular formula is C18H19N3. The fraction of sp³-hybridized carbons (Fsp3) is 0.278. The number of pyridine rings is 1. The van der Waals surface area contributed by atoms with Crippen molar-refractivity contribution in [2.45, 2.75) is 19.4 Å². The first kappa shape index (κ1) is 12.6. The van der Waals surface area contributed by atoms with Gasteiger partial charge in [-0.25, -0.2) is 0 Å². The van der Waals surface area contributed by atoms with Crippen molar-refractivity contribution in [2.24, 2.45) is 0 Å². The highest BCUT2D eigenvalue weighted by Crippen LogP contribution is 2.32. The number of benzene rings is 1.